The van der Waals surface area contributed by atoms with Crippen LogP contribution in [-0.2, 0) is 4.74 Å². The van der Waals surface area contributed by atoms with Crippen LogP contribution in [0.2, 0.25) is 0 Å². The maximum Gasteiger partial charge on any atom is 0.338 e. The number of benzene rings is 1. The van der Waals surface area contributed by atoms with Crippen molar-refractivity contribution in [3.8, 4) is 0 Å². The van der Waals surface area contributed by atoms with Crippen molar-refractivity contribution in [1.29, 1.82) is 0 Å². The lowest BCUT2D eigenvalue weighted by Crippen LogP contribution is -3.16. The van der Waals surface area contributed by atoms with E-state index in [-0.39, 0.29) is 18.4 Å². The number of hydrogen-bond acceptors (Lipinski definition) is 2. The molecule has 0 saturated carbocycles. The normalized spacial score (nSPS) is 25.0. The molecule has 1 fully saturated rings. The third-order valence-electron chi connectivity index (χ3n) is 4.30. The van der Waals surface area contributed by atoms with Crippen molar-refractivity contribution in [2.75, 3.05) is 19.7 Å². The average molecular weight is 312 g/mol. The first-order valence-corrected chi connectivity index (χ1v) is 7.73. The van der Waals surface area contributed by atoms with Gasteiger partial charge in [-0.1, -0.05) is 25.1 Å². The Morgan fingerprint density at radius 3 is 2.67 bits per heavy atom. The van der Waals surface area contributed by atoms with Crippen LogP contribution < -0.4 is 17.3 Å². The van der Waals surface area contributed by atoms with Gasteiger partial charge in [0, 0.05) is 12.8 Å². The van der Waals surface area contributed by atoms with Gasteiger partial charge in [-0.3, -0.25) is 0 Å². The van der Waals surface area contributed by atoms with E-state index in [1.165, 1.54) is 19.4 Å². The van der Waals surface area contributed by atoms with Crippen LogP contribution in [0.15, 0.2) is 30.3 Å². The fraction of sp³-hybridized carbons (Fsp3) is 0.588. The number of piperidine rings is 1. The Morgan fingerprint density at radius 2 is 2.00 bits per heavy atom. The number of carbonyl (C=O) groups is 1. The molecule has 2 rings (SSSR count). The predicted molar refractivity (Wildman–Crippen MR) is 79.9 cm³/mol. The van der Waals surface area contributed by atoms with Crippen LogP contribution in [0.25, 0.3) is 0 Å². The fourth-order valence-corrected chi connectivity index (χ4v) is 3.06. The number of likely N-dealkylation sites (tertiary alicyclic amines) is 1. The van der Waals surface area contributed by atoms with E-state index in [4.69, 9.17) is 4.74 Å². The van der Waals surface area contributed by atoms with Crippen molar-refractivity contribution in [2.45, 2.75) is 39.2 Å². The smallest absolute Gasteiger partial charge is 0.338 e. The van der Waals surface area contributed by atoms with Crippen LogP contribution in [0.4, 0.5) is 0 Å². The molecule has 0 bridgehead atoms. The van der Waals surface area contributed by atoms with Gasteiger partial charge in [-0.05, 0) is 31.4 Å². The number of halogens is 1. The summed E-state index contributed by atoms with van der Waals surface area (Å²) in [6, 6.07) is 9.94. The van der Waals surface area contributed by atoms with Crippen molar-refractivity contribution in [3.05, 3.63) is 35.9 Å². The molecule has 3 unspecified atom stereocenters. The molecule has 1 saturated heterocycles. The highest BCUT2D eigenvalue weighted by Gasteiger charge is 2.25. The maximum absolute atomic E-state index is 11.8. The average Bonchev–Trinajstić information content (AvgIpc) is 2.46. The zero-order valence-corrected chi connectivity index (χ0v) is 13.7. The summed E-state index contributed by atoms with van der Waals surface area (Å²) in [6.45, 7) is 7.57. The van der Waals surface area contributed by atoms with Crippen LogP contribution in [0.5, 0.6) is 0 Å². The second kappa shape index (κ2) is 9.06. The SMILES string of the molecule is CC1CC[NH+](CCCOC(=O)c2ccccc2)C(C)C1.[Cl-]. The number of quaternary nitrogens is 1. The Balaban J connectivity index is 0.00000220. The number of esters is 1. The highest BCUT2D eigenvalue weighted by atomic mass is 35.5. The van der Waals surface area contributed by atoms with E-state index in [0.29, 0.717) is 12.2 Å². The summed E-state index contributed by atoms with van der Waals surface area (Å²) in [5.74, 6) is 0.658. The Morgan fingerprint density at radius 1 is 1.29 bits per heavy atom. The van der Waals surface area contributed by atoms with E-state index < -0.39 is 0 Å². The fourth-order valence-electron chi connectivity index (χ4n) is 3.06. The van der Waals surface area contributed by atoms with E-state index in [9.17, 15) is 4.79 Å². The minimum atomic E-state index is -0.207. The van der Waals surface area contributed by atoms with E-state index in [0.717, 1.165) is 24.9 Å². The molecule has 1 aromatic rings. The molecule has 0 amide bonds. The Hall–Kier alpha value is -1.06. The van der Waals surface area contributed by atoms with Gasteiger partial charge < -0.3 is 22.0 Å². The highest BCUT2D eigenvalue weighted by Crippen LogP contribution is 2.11. The maximum atomic E-state index is 11.8. The molecule has 118 valence electrons. The van der Waals surface area contributed by atoms with Gasteiger partial charge in [-0.25, -0.2) is 4.79 Å². The van der Waals surface area contributed by atoms with E-state index >= 15 is 0 Å². The van der Waals surface area contributed by atoms with Gasteiger partial charge in [0.05, 0.1) is 31.3 Å². The van der Waals surface area contributed by atoms with Crippen molar-refractivity contribution in [3.63, 3.8) is 0 Å². The largest absolute Gasteiger partial charge is 1.00 e. The van der Waals surface area contributed by atoms with Crippen molar-refractivity contribution < 1.29 is 26.8 Å². The van der Waals surface area contributed by atoms with Crippen molar-refractivity contribution >= 4 is 5.97 Å². The van der Waals surface area contributed by atoms with Gasteiger partial charge in [0.2, 0.25) is 0 Å². The standard InChI is InChI=1S/C17H25NO2.ClH/c1-14-9-11-18(15(2)13-14)10-6-12-20-17(19)16-7-4-3-5-8-16;/h3-5,7-8,14-15H,6,9-13H2,1-2H3;1H. The number of rotatable bonds is 5. The lowest BCUT2D eigenvalue weighted by atomic mass is 9.93. The van der Waals surface area contributed by atoms with Crippen LogP contribution in [-0.4, -0.2) is 31.7 Å². The molecule has 0 spiro atoms. The molecular weight excluding hydrogens is 286 g/mol. The van der Waals surface area contributed by atoms with E-state index in [1.54, 1.807) is 17.0 Å². The molecule has 21 heavy (non-hydrogen) atoms. The van der Waals surface area contributed by atoms with Gasteiger partial charge in [0.15, 0.2) is 0 Å². The lowest BCUT2D eigenvalue weighted by Gasteiger charge is -2.33. The van der Waals surface area contributed by atoms with Crippen LogP contribution in [0.1, 0.15) is 43.5 Å². The molecule has 3 nitrogen and oxygen atoms in total. The molecule has 4 heteroatoms. The molecule has 1 N–H and O–H groups in total. The molecule has 1 aromatic carbocycles. The third-order valence-corrected chi connectivity index (χ3v) is 4.30. The van der Waals surface area contributed by atoms with Gasteiger partial charge in [-0.2, -0.15) is 0 Å². The van der Waals surface area contributed by atoms with Crippen LogP contribution in [0.3, 0.4) is 0 Å². The first-order valence-electron chi connectivity index (χ1n) is 7.73. The van der Waals surface area contributed by atoms with Gasteiger partial charge >= 0.3 is 5.97 Å². The number of nitrogens with one attached hydrogen (secondary N) is 1. The quantitative estimate of drug-likeness (QED) is 0.555. The van der Waals surface area contributed by atoms with Crippen molar-refractivity contribution in [1.82, 2.24) is 0 Å². The summed E-state index contributed by atoms with van der Waals surface area (Å²) < 4.78 is 5.32. The minimum Gasteiger partial charge on any atom is -1.00 e. The van der Waals surface area contributed by atoms with Gasteiger partial charge in [-0.15, -0.1) is 0 Å². The molecule has 0 aliphatic carbocycles. The zero-order valence-electron chi connectivity index (χ0n) is 13.0. The molecule has 1 aliphatic rings. The second-order valence-electron chi connectivity index (χ2n) is 6.04. The first kappa shape index (κ1) is 18.0. The highest BCUT2D eigenvalue weighted by molar-refractivity contribution is 5.89. The molecule has 3 atom stereocenters. The molecule has 1 aliphatic heterocycles. The first-order chi connectivity index (χ1) is 9.66. The van der Waals surface area contributed by atoms with Crippen LogP contribution in [0, 0.1) is 5.92 Å². The van der Waals surface area contributed by atoms with Crippen LogP contribution >= 0.6 is 0 Å². The summed E-state index contributed by atoms with van der Waals surface area (Å²) in [5.41, 5.74) is 0.639. The topological polar surface area (TPSA) is 30.7 Å². The molecule has 0 radical (unpaired) electrons. The van der Waals surface area contributed by atoms with Gasteiger partial charge in [0.25, 0.3) is 0 Å². The number of carbonyl (C=O) groups excluding carboxylic acids is 1. The van der Waals surface area contributed by atoms with Crippen molar-refractivity contribution in [2.24, 2.45) is 5.92 Å². The minimum absolute atomic E-state index is 0. The summed E-state index contributed by atoms with van der Waals surface area (Å²) in [6.07, 6.45) is 3.59. The Bertz CT molecular complexity index is 424. The number of hydrogen-bond donors (Lipinski definition) is 1. The van der Waals surface area contributed by atoms with E-state index in [2.05, 4.69) is 13.8 Å². The zero-order chi connectivity index (χ0) is 14.4. The second-order valence-corrected chi connectivity index (χ2v) is 6.04. The summed E-state index contributed by atoms with van der Waals surface area (Å²) in [4.78, 5) is 13.4. The Labute approximate surface area is 134 Å². The lowest BCUT2D eigenvalue weighted by molar-refractivity contribution is -0.930. The number of ether oxygens (including phenoxy) is 1. The van der Waals surface area contributed by atoms with Gasteiger partial charge in [0.1, 0.15) is 0 Å². The molecular formula is C17H26ClNO2. The molecule has 0 aromatic heterocycles. The monoisotopic (exact) mass is 311 g/mol. The molecule has 1 heterocycles. The third kappa shape index (κ3) is 5.68. The summed E-state index contributed by atoms with van der Waals surface area (Å²) >= 11 is 0. The summed E-state index contributed by atoms with van der Waals surface area (Å²) in [5, 5.41) is 0. The Kier molecular flexibility index (Phi) is 7.76. The predicted octanol–water partition coefficient (Wildman–Crippen LogP) is -1.06. The van der Waals surface area contributed by atoms with E-state index in [1.807, 2.05) is 18.2 Å². The summed E-state index contributed by atoms with van der Waals surface area (Å²) in [7, 11) is 0.